The Morgan fingerprint density at radius 3 is 2.57 bits per heavy atom. The maximum absolute atomic E-state index is 11.0. The third-order valence-corrected chi connectivity index (χ3v) is 3.60. The first kappa shape index (κ1) is 15.3. The number of hydrogen-bond donors (Lipinski definition) is 0. The molecule has 0 saturated heterocycles. The highest BCUT2D eigenvalue weighted by Gasteiger charge is 2.18. The monoisotopic (exact) mass is 366 g/mol. The first-order valence-electron chi connectivity index (χ1n) is 5.76. The van der Waals surface area contributed by atoms with E-state index in [0.717, 1.165) is 11.6 Å². The molecule has 0 aliphatic heterocycles. The van der Waals surface area contributed by atoms with E-state index in [0.29, 0.717) is 16.1 Å². The Hall–Kier alpha value is -2.10. The number of nitro groups is 1. The Morgan fingerprint density at radius 1 is 1.29 bits per heavy atom. The molecule has 0 aliphatic rings. The van der Waals surface area contributed by atoms with Crippen molar-refractivity contribution < 1.29 is 9.66 Å². The van der Waals surface area contributed by atoms with E-state index < -0.39 is 4.92 Å². The molecule has 0 N–H and O–H groups in total. The molecule has 5 nitrogen and oxygen atoms in total. The normalized spacial score (nSPS) is 9.95. The van der Waals surface area contributed by atoms with Gasteiger partial charge in [0.25, 0.3) is 0 Å². The van der Waals surface area contributed by atoms with Gasteiger partial charge in [-0.25, -0.2) is 0 Å². The van der Waals surface area contributed by atoms with Gasteiger partial charge in [-0.1, -0.05) is 33.6 Å². The van der Waals surface area contributed by atoms with Crippen LogP contribution in [0.25, 0.3) is 0 Å². The summed E-state index contributed by atoms with van der Waals surface area (Å²) in [6, 6.07) is 11.0. The van der Waals surface area contributed by atoms with E-state index in [1.165, 1.54) is 12.1 Å². The van der Waals surface area contributed by atoms with Crippen LogP contribution in [0.5, 0.6) is 11.5 Å². The molecular formula is C14H8BrClN2O3. The molecule has 0 unspecified atom stereocenters. The predicted octanol–water partition coefficient (Wildman–Crippen LogP) is 4.81. The van der Waals surface area contributed by atoms with E-state index in [9.17, 15) is 10.1 Å². The van der Waals surface area contributed by atoms with Crippen molar-refractivity contribution in [1.29, 1.82) is 5.26 Å². The molecule has 2 aromatic carbocycles. The number of alkyl halides is 1. The Labute approximate surface area is 134 Å². The fraction of sp³-hybridized carbons (Fsp3) is 0.0714. The van der Waals surface area contributed by atoms with Crippen molar-refractivity contribution in [1.82, 2.24) is 0 Å². The SMILES string of the molecule is N#Cc1ccc(Oc2ccc(CBr)cc2Cl)c([N+](=O)[O-])c1. The van der Waals surface area contributed by atoms with Gasteiger partial charge in [0.2, 0.25) is 5.75 Å². The van der Waals surface area contributed by atoms with E-state index in [1.807, 2.05) is 6.07 Å². The van der Waals surface area contributed by atoms with E-state index in [2.05, 4.69) is 15.9 Å². The first-order chi connectivity index (χ1) is 10.0. The van der Waals surface area contributed by atoms with Crippen LogP contribution in [0.4, 0.5) is 5.69 Å². The molecule has 0 heterocycles. The zero-order valence-corrected chi connectivity index (χ0v) is 12.9. The van der Waals surface area contributed by atoms with E-state index in [1.54, 1.807) is 18.2 Å². The molecule has 106 valence electrons. The van der Waals surface area contributed by atoms with Crippen LogP contribution in [0.1, 0.15) is 11.1 Å². The van der Waals surface area contributed by atoms with Crippen molar-refractivity contribution in [3.05, 3.63) is 62.7 Å². The summed E-state index contributed by atoms with van der Waals surface area (Å²) in [5.74, 6) is 0.349. The van der Waals surface area contributed by atoms with Crippen LogP contribution in [0.2, 0.25) is 5.02 Å². The average Bonchev–Trinajstić information content (AvgIpc) is 2.49. The van der Waals surface area contributed by atoms with Gasteiger partial charge in [-0.05, 0) is 29.8 Å². The van der Waals surface area contributed by atoms with E-state index >= 15 is 0 Å². The largest absolute Gasteiger partial charge is 0.449 e. The number of nitriles is 1. The molecule has 2 rings (SSSR count). The lowest BCUT2D eigenvalue weighted by Gasteiger charge is -2.09. The molecule has 0 fully saturated rings. The Balaban J connectivity index is 2.40. The van der Waals surface area contributed by atoms with Crippen molar-refractivity contribution in [2.45, 2.75) is 5.33 Å². The fourth-order valence-electron chi connectivity index (χ4n) is 1.64. The van der Waals surface area contributed by atoms with Crippen LogP contribution >= 0.6 is 27.5 Å². The maximum atomic E-state index is 11.0. The van der Waals surface area contributed by atoms with Gasteiger partial charge in [0, 0.05) is 11.4 Å². The minimum Gasteiger partial charge on any atom is -0.449 e. The summed E-state index contributed by atoms with van der Waals surface area (Å²) in [7, 11) is 0. The molecular weight excluding hydrogens is 360 g/mol. The summed E-state index contributed by atoms with van der Waals surface area (Å²) in [5, 5.41) is 20.8. The number of rotatable bonds is 4. The van der Waals surface area contributed by atoms with Crippen LogP contribution in [-0.4, -0.2) is 4.92 Å². The number of nitro benzene ring substituents is 1. The minimum absolute atomic E-state index is 0.0347. The summed E-state index contributed by atoms with van der Waals surface area (Å²) < 4.78 is 5.50. The summed E-state index contributed by atoms with van der Waals surface area (Å²) >= 11 is 9.39. The van der Waals surface area contributed by atoms with Crippen LogP contribution in [-0.2, 0) is 5.33 Å². The van der Waals surface area contributed by atoms with Crippen molar-refractivity contribution in [3.63, 3.8) is 0 Å². The second-order valence-electron chi connectivity index (χ2n) is 4.05. The highest BCUT2D eigenvalue weighted by Crippen LogP contribution is 2.35. The molecule has 0 amide bonds. The minimum atomic E-state index is -0.600. The number of halogens is 2. The molecule has 0 aromatic heterocycles. The second kappa shape index (κ2) is 6.57. The molecule has 0 spiro atoms. The summed E-state index contributed by atoms with van der Waals surface area (Å²) in [5.41, 5.74) is 0.867. The van der Waals surface area contributed by atoms with Crippen LogP contribution < -0.4 is 4.74 Å². The highest BCUT2D eigenvalue weighted by molar-refractivity contribution is 9.08. The lowest BCUT2D eigenvalue weighted by molar-refractivity contribution is -0.385. The van der Waals surface area contributed by atoms with Gasteiger partial charge in [0.15, 0.2) is 0 Å². The zero-order chi connectivity index (χ0) is 15.4. The Kier molecular flexibility index (Phi) is 4.78. The lowest BCUT2D eigenvalue weighted by atomic mass is 10.2. The van der Waals surface area contributed by atoms with Crippen molar-refractivity contribution in [2.75, 3.05) is 0 Å². The van der Waals surface area contributed by atoms with Gasteiger partial charge in [0.1, 0.15) is 5.75 Å². The van der Waals surface area contributed by atoms with Gasteiger partial charge in [-0.15, -0.1) is 0 Å². The topological polar surface area (TPSA) is 76.2 Å². The highest BCUT2D eigenvalue weighted by atomic mass is 79.9. The molecule has 0 bridgehead atoms. The third-order valence-electron chi connectivity index (χ3n) is 2.66. The van der Waals surface area contributed by atoms with Crippen molar-refractivity contribution >= 4 is 33.2 Å². The predicted molar refractivity (Wildman–Crippen MR) is 82.0 cm³/mol. The van der Waals surface area contributed by atoms with Gasteiger partial charge in [-0.3, -0.25) is 10.1 Å². The van der Waals surface area contributed by atoms with Gasteiger partial charge in [-0.2, -0.15) is 5.26 Å². The van der Waals surface area contributed by atoms with Gasteiger partial charge >= 0.3 is 5.69 Å². The van der Waals surface area contributed by atoms with Crippen LogP contribution in [0, 0.1) is 21.4 Å². The molecule has 21 heavy (non-hydrogen) atoms. The molecule has 0 aliphatic carbocycles. The number of hydrogen-bond acceptors (Lipinski definition) is 4. The van der Waals surface area contributed by atoms with Crippen LogP contribution in [0.3, 0.4) is 0 Å². The van der Waals surface area contributed by atoms with Crippen molar-refractivity contribution in [2.24, 2.45) is 0 Å². The summed E-state index contributed by atoms with van der Waals surface area (Å²) in [4.78, 5) is 10.4. The first-order valence-corrected chi connectivity index (χ1v) is 7.26. The van der Waals surface area contributed by atoms with Gasteiger partial charge < -0.3 is 4.74 Å². The van der Waals surface area contributed by atoms with E-state index in [4.69, 9.17) is 21.6 Å². The second-order valence-corrected chi connectivity index (χ2v) is 5.02. The number of benzene rings is 2. The summed E-state index contributed by atoms with van der Waals surface area (Å²) in [6.07, 6.45) is 0. The molecule has 0 atom stereocenters. The molecule has 2 aromatic rings. The summed E-state index contributed by atoms with van der Waals surface area (Å²) in [6.45, 7) is 0. The smallest absolute Gasteiger partial charge is 0.312 e. The van der Waals surface area contributed by atoms with Gasteiger partial charge in [0.05, 0.1) is 21.6 Å². The zero-order valence-electron chi connectivity index (χ0n) is 10.5. The molecule has 0 radical (unpaired) electrons. The van der Waals surface area contributed by atoms with E-state index in [-0.39, 0.29) is 17.0 Å². The quantitative estimate of drug-likeness (QED) is 0.441. The maximum Gasteiger partial charge on any atom is 0.312 e. The van der Waals surface area contributed by atoms with Crippen LogP contribution in [0.15, 0.2) is 36.4 Å². The third kappa shape index (κ3) is 3.51. The number of ether oxygens (including phenoxy) is 1. The lowest BCUT2D eigenvalue weighted by Crippen LogP contribution is -1.95. The average molecular weight is 368 g/mol. The number of nitrogens with zero attached hydrogens (tertiary/aromatic N) is 2. The fourth-order valence-corrected chi connectivity index (χ4v) is 2.24. The Morgan fingerprint density at radius 2 is 2.00 bits per heavy atom. The molecule has 7 heteroatoms. The Bertz CT molecular complexity index is 743. The van der Waals surface area contributed by atoms with Crippen molar-refractivity contribution in [3.8, 4) is 17.6 Å². The molecule has 0 saturated carbocycles. The standard InChI is InChI=1S/C14H8BrClN2O3/c15-7-9-1-3-13(11(16)5-9)21-14-4-2-10(8-17)6-12(14)18(19)20/h1-6H,7H2.